The molecule has 0 fully saturated rings. The van der Waals surface area contributed by atoms with Gasteiger partial charge >= 0.3 is 5.69 Å². The van der Waals surface area contributed by atoms with E-state index in [2.05, 4.69) is 20.4 Å². The number of aromatic nitrogens is 4. The normalized spacial score (nSPS) is 10.5. The Balaban J connectivity index is 2.11. The van der Waals surface area contributed by atoms with Gasteiger partial charge in [0.2, 0.25) is 11.8 Å². The van der Waals surface area contributed by atoms with Gasteiger partial charge in [0, 0.05) is 25.4 Å². The smallest absolute Gasteiger partial charge is 0.329 e. The Morgan fingerprint density at radius 1 is 1.55 bits per heavy atom. The molecule has 0 saturated carbocycles. The zero-order chi connectivity index (χ0) is 14.7. The standard InChI is InChI=1S/C11H15N7O2/c1-3-8-7(6-17(2)16-8)4-13-11-14-5-9(18(19)20)10(12)15-11/h5-6H,3-4H2,1-2H3,(H3,12,13,14,15). The van der Waals surface area contributed by atoms with E-state index in [0.29, 0.717) is 6.54 Å². The van der Waals surface area contributed by atoms with Crippen molar-refractivity contribution in [1.29, 1.82) is 0 Å². The third kappa shape index (κ3) is 2.82. The molecule has 0 saturated heterocycles. The molecule has 0 spiro atoms. The first-order chi connectivity index (χ1) is 9.51. The number of aryl methyl sites for hydroxylation is 2. The first-order valence-electron chi connectivity index (χ1n) is 6.03. The van der Waals surface area contributed by atoms with Crippen LogP contribution in [0.25, 0.3) is 0 Å². The second-order valence-corrected chi connectivity index (χ2v) is 4.20. The lowest BCUT2D eigenvalue weighted by Crippen LogP contribution is -2.07. The molecule has 0 atom stereocenters. The molecule has 106 valence electrons. The lowest BCUT2D eigenvalue weighted by Gasteiger charge is -2.04. The summed E-state index contributed by atoms with van der Waals surface area (Å²) in [5.74, 6) is 0.0911. The molecule has 9 heteroatoms. The Bertz CT molecular complexity index is 638. The van der Waals surface area contributed by atoms with E-state index in [-0.39, 0.29) is 17.5 Å². The van der Waals surface area contributed by atoms with Crippen LogP contribution in [0.4, 0.5) is 17.5 Å². The maximum atomic E-state index is 10.6. The van der Waals surface area contributed by atoms with Crippen molar-refractivity contribution in [2.75, 3.05) is 11.1 Å². The molecule has 0 aliphatic carbocycles. The quantitative estimate of drug-likeness (QED) is 0.613. The number of hydrogen-bond donors (Lipinski definition) is 2. The minimum absolute atomic E-state index is 0.158. The summed E-state index contributed by atoms with van der Waals surface area (Å²) in [5, 5.41) is 17.9. The van der Waals surface area contributed by atoms with Crippen molar-refractivity contribution >= 4 is 17.5 Å². The van der Waals surface area contributed by atoms with E-state index >= 15 is 0 Å². The molecular weight excluding hydrogens is 262 g/mol. The van der Waals surface area contributed by atoms with Crippen LogP contribution in [0.5, 0.6) is 0 Å². The van der Waals surface area contributed by atoms with Gasteiger partial charge in [0.05, 0.1) is 10.6 Å². The van der Waals surface area contributed by atoms with Crippen molar-refractivity contribution in [3.63, 3.8) is 0 Å². The predicted octanol–water partition coefficient (Wildman–Crippen LogP) is 0.875. The van der Waals surface area contributed by atoms with Gasteiger partial charge in [-0.3, -0.25) is 14.8 Å². The maximum absolute atomic E-state index is 10.6. The molecule has 0 aliphatic rings. The summed E-state index contributed by atoms with van der Waals surface area (Å²) in [6.07, 6.45) is 3.82. The van der Waals surface area contributed by atoms with E-state index in [9.17, 15) is 10.1 Å². The molecule has 9 nitrogen and oxygen atoms in total. The number of rotatable bonds is 5. The monoisotopic (exact) mass is 277 g/mol. The zero-order valence-electron chi connectivity index (χ0n) is 11.2. The minimum Gasteiger partial charge on any atom is -0.378 e. The Hall–Kier alpha value is -2.71. The zero-order valence-corrected chi connectivity index (χ0v) is 11.2. The van der Waals surface area contributed by atoms with Gasteiger partial charge in [0.1, 0.15) is 6.20 Å². The van der Waals surface area contributed by atoms with Crippen LogP contribution < -0.4 is 11.1 Å². The summed E-state index contributed by atoms with van der Waals surface area (Å²) in [7, 11) is 1.85. The van der Waals surface area contributed by atoms with E-state index in [1.807, 2.05) is 20.2 Å². The molecule has 0 bridgehead atoms. The summed E-state index contributed by atoms with van der Waals surface area (Å²) < 4.78 is 1.74. The molecule has 3 N–H and O–H groups in total. The number of hydrogen-bond acceptors (Lipinski definition) is 7. The lowest BCUT2D eigenvalue weighted by molar-refractivity contribution is -0.384. The third-order valence-corrected chi connectivity index (χ3v) is 2.76. The fraction of sp³-hybridized carbons (Fsp3) is 0.364. The lowest BCUT2D eigenvalue weighted by atomic mass is 10.2. The van der Waals surface area contributed by atoms with Crippen molar-refractivity contribution in [3.8, 4) is 0 Å². The van der Waals surface area contributed by atoms with E-state index in [1.165, 1.54) is 0 Å². The van der Waals surface area contributed by atoms with Crippen LogP contribution in [0, 0.1) is 10.1 Å². The third-order valence-electron chi connectivity index (χ3n) is 2.76. The Morgan fingerprint density at radius 3 is 2.90 bits per heavy atom. The Morgan fingerprint density at radius 2 is 2.30 bits per heavy atom. The predicted molar refractivity (Wildman–Crippen MR) is 73.0 cm³/mol. The van der Waals surface area contributed by atoms with E-state index in [1.54, 1.807) is 4.68 Å². The number of nitrogens with one attached hydrogen (secondary N) is 1. The van der Waals surface area contributed by atoms with Crippen LogP contribution >= 0.6 is 0 Å². The van der Waals surface area contributed by atoms with Crippen LogP contribution in [-0.2, 0) is 20.0 Å². The second-order valence-electron chi connectivity index (χ2n) is 4.20. The molecule has 0 radical (unpaired) electrons. The summed E-state index contributed by atoms with van der Waals surface area (Å²) in [5.41, 5.74) is 7.21. The first-order valence-corrected chi connectivity index (χ1v) is 6.03. The molecule has 0 amide bonds. The van der Waals surface area contributed by atoms with Crippen molar-refractivity contribution < 1.29 is 4.92 Å². The van der Waals surface area contributed by atoms with Crippen molar-refractivity contribution in [2.24, 2.45) is 7.05 Å². The highest BCUT2D eigenvalue weighted by Gasteiger charge is 2.14. The summed E-state index contributed by atoms with van der Waals surface area (Å²) in [6.45, 7) is 2.50. The van der Waals surface area contributed by atoms with Crippen LogP contribution in [0.2, 0.25) is 0 Å². The highest BCUT2D eigenvalue weighted by Crippen LogP contribution is 2.18. The molecule has 0 aromatic carbocycles. The maximum Gasteiger partial charge on any atom is 0.329 e. The Kier molecular flexibility index (Phi) is 3.78. The van der Waals surface area contributed by atoms with Gasteiger partial charge in [-0.25, -0.2) is 4.98 Å². The van der Waals surface area contributed by atoms with Gasteiger partial charge in [0.25, 0.3) is 0 Å². The molecule has 0 aliphatic heterocycles. The van der Waals surface area contributed by atoms with Crippen LogP contribution in [-0.4, -0.2) is 24.7 Å². The average molecular weight is 277 g/mol. The van der Waals surface area contributed by atoms with Gasteiger partial charge in [-0.05, 0) is 6.42 Å². The number of anilines is 2. The van der Waals surface area contributed by atoms with E-state index < -0.39 is 4.92 Å². The molecule has 0 unspecified atom stereocenters. The first kappa shape index (κ1) is 13.7. The van der Waals surface area contributed by atoms with Crippen LogP contribution in [0.1, 0.15) is 18.2 Å². The molecule has 2 heterocycles. The van der Waals surface area contributed by atoms with Gasteiger partial charge < -0.3 is 11.1 Å². The van der Waals surface area contributed by atoms with Crippen LogP contribution in [0.3, 0.4) is 0 Å². The van der Waals surface area contributed by atoms with Gasteiger partial charge in [-0.2, -0.15) is 10.1 Å². The summed E-state index contributed by atoms with van der Waals surface area (Å²) >= 11 is 0. The summed E-state index contributed by atoms with van der Waals surface area (Å²) in [6, 6.07) is 0. The molecule has 20 heavy (non-hydrogen) atoms. The highest BCUT2D eigenvalue weighted by molar-refractivity contribution is 5.53. The fourth-order valence-electron chi connectivity index (χ4n) is 1.82. The highest BCUT2D eigenvalue weighted by atomic mass is 16.6. The van der Waals surface area contributed by atoms with Crippen molar-refractivity contribution in [1.82, 2.24) is 19.7 Å². The average Bonchev–Trinajstić information content (AvgIpc) is 2.76. The molecule has 2 aromatic heterocycles. The largest absolute Gasteiger partial charge is 0.378 e. The molecule has 2 aromatic rings. The van der Waals surface area contributed by atoms with Crippen LogP contribution in [0.15, 0.2) is 12.4 Å². The van der Waals surface area contributed by atoms with Gasteiger partial charge in [-0.15, -0.1) is 0 Å². The van der Waals surface area contributed by atoms with Gasteiger partial charge in [-0.1, -0.05) is 6.92 Å². The Labute approximate surface area is 115 Å². The van der Waals surface area contributed by atoms with E-state index in [4.69, 9.17) is 5.73 Å². The number of nitrogens with zero attached hydrogens (tertiary/aromatic N) is 5. The fourth-order valence-corrected chi connectivity index (χ4v) is 1.82. The van der Waals surface area contributed by atoms with Crippen molar-refractivity contribution in [2.45, 2.75) is 19.9 Å². The topological polar surface area (TPSA) is 125 Å². The summed E-state index contributed by atoms with van der Waals surface area (Å²) in [4.78, 5) is 17.7. The molecule has 2 rings (SSSR count). The second kappa shape index (κ2) is 5.51. The minimum atomic E-state index is -0.616. The number of nitrogens with two attached hydrogens (primary N) is 1. The number of nitro groups is 1. The SMILES string of the molecule is CCc1nn(C)cc1CNc1ncc([N+](=O)[O-])c(N)n1. The molecular formula is C11H15N7O2. The van der Waals surface area contributed by atoms with Crippen molar-refractivity contribution in [3.05, 3.63) is 33.8 Å². The van der Waals surface area contributed by atoms with E-state index in [0.717, 1.165) is 23.9 Å². The van der Waals surface area contributed by atoms with Gasteiger partial charge in [0.15, 0.2) is 0 Å². The number of nitrogen functional groups attached to an aromatic ring is 1.